The molecule has 0 saturated carbocycles. The molecule has 1 aliphatic rings. The fourth-order valence-electron chi connectivity index (χ4n) is 5.40. The number of anilines is 1. The summed E-state index contributed by atoms with van der Waals surface area (Å²) in [5.41, 5.74) is 5.80. The number of fused-ring (bicyclic) bond motifs is 1. The van der Waals surface area contributed by atoms with E-state index in [1.165, 1.54) is 11.8 Å². The van der Waals surface area contributed by atoms with Crippen molar-refractivity contribution in [2.24, 2.45) is 0 Å². The van der Waals surface area contributed by atoms with Crippen molar-refractivity contribution in [1.29, 1.82) is 0 Å². The number of rotatable bonds is 9. The zero-order valence-corrected chi connectivity index (χ0v) is 27.1. The van der Waals surface area contributed by atoms with Crippen LogP contribution in [0.1, 0.15) is 27.5 Å². The highest BCUT2D eigenvalue weighted by molar-refractivity contribution is 8.00. The van der Waals surface area contributed by atoms with Crippen LogP contribution in [0, 0.1) is 6.92 Å². The van der Waals surface area contributed by atoms with E-state index in [0.717, 1.165) is 33.5 Å². The number of hydrogen-bond acceptors (Lipinski definition) is 7. The number of benzene rings is 3. The quantitative estimate of drug-likeness (QED) is 0.197. The standard InChI is InChI=1S/C35H32ClN5O4S/c1-22-4-10-26(11-5-22)41-35-32(33(39-41)24-6-8-25(36)9-7-24)34(28-18-27(44-2)12-13-29(28)45-3)46-21-31(43)40(35)20-30(42)38-19-23-14-16-37-17-15-23/h4-18,34H,19-21H2,1-3H3,(H,38,42)/t34-/m0/s1. The van der Waals surface area contributed by atoms with Gasteiger partial charge in [-0.15, -0.1) is 11.8 Å². The second kappa shape index (κ2) is 13.7. The van der Waals surface area contributed by atoms with Crippen LogP contribution in [-0.2, 0) is 16.1 Å². The van der Waals surface area contributed by atoms with Crippen molar-refractivity contribution in [3.05, 3.63) is 119 Å². The van der Waals surface area contributed by atoms with Crippen molar-refractivity contribution >= 4 is 41.0 Å². The Bertz CT molecular complexity index is 1860. The molecule has 2 amide bonds. The van der Waals surface area contributed by atoms with E-state index in [4.69, 9.17) is 26.2 Å². The molecule has 1 aliphatic heterocycles. The summed E-state index contributed by atoms with van der Waals surface area (Å²) >= 11 is 7.75. The van der Waals surface area contributed by atoms with Crippen molar-refractivity contribution in [2.45, 2.75) is 18.7 Å². The maximum absolute atomic E-state index is 14.1. The zero-order chi connectivity index (χ0) is 32.2. The summed E-state index contributed by atoms with van der Waals surface area (Å²) in [7, 11) is 3.23. The molecule has 0 spiro atoms. The molecule has 11 heteroatoms. The Kier molecular flexibility index (Phi) is 9.28. The molecule has 5 aromatic rings. The number of carbonyl (C=O) groups excluding carboxylic acids is 2. The second-order valence-electron chi connectivity index (χ2n) is 10.8. The molecule has 0 radical (unpaired) electrons. The number of ether oxygens (including phenoxy) is 2. The van der Waals surface area contributed by atoms with Gasteiger partial charge in [0.1, 0.15) is 23.9 Å². The number of amides is 2. The minimum atomic E-state index is -0.404. The van der Waals surface area contributed by atoms with Crippen molar-refractivity contribution in [3.63, 3.8) is 0 Å². The Labute approximate surface area is 276 Å². The number of halogens is 1. The maximum atomic E-state index is 14.1. The van der Waals surface area contributed by atoms with Crippen LogP contribution in [0.25, 0.3) is 16.9 Å². The monoisotopic (exact) mass is 653 g/mol. The van der Waals surface area contributed by atoms with Gasteiger partial charge in [-0.2, -0.15) is 5.10 Å². The summed E-state index contributed by atoms with van der Waals surface area (Å²) in [6, 6.07) is 24.6. The molecule has 1 atom stereocenters. The van der Waals surface area contributed by atoms with E-state index < -0.39 is 5.25 Å². The van der Waals surface area contributed by atoms with E-state index in [1.54, 1.807) is 36.2 Å². The first-order chi connectivity index (χ1) is 22.4. The summed E-state index contributed by atoms with van der Waals surface area (Å²) in [5, 5.41) is 8.30. The predicted octanol–water partition coefficient (Wildman–Crippen LogP) is 6.40. The SMILES string of the molecule is COc1ccc(OC)c([C@@H]2SCC(=O)N(CC(=O)NCc3ccncc3)c3c2c(-c2ccc(Cl)cc2)nn3-c2ccc(C)cc2)c1. The highest BCUT2D eigenvalue weighted by atomic mass is 35.5. The third-order valence-electron chi connectivity index (χ3n) is 7.75. The first-order valence-corrected chi connectivity index (χ1v) is 16.0. The normalized spacial score (nSPS) is 14.4. The second-order valence-corrected chi connectivity index (χ2v) is 12.3. The van der Waals surface area contributed by atoms with Gasteiger partial charge in [-0.25, -0.2) is 4.68 Å². The van der Waals surface area contributed by atoms with Crippen molar-refractivity contribution in [1.82, 2.24) is 20.1 Å². The van der Waals surface area contributed by atoms with E-state index in [2.05, 4.69) is 10.3 Å². The van der Waals surface area contributed by atoms with Gasteiger partial charge in [-0.05, 0) is 67.1 Å². The molecule has 46 heavy (non-hydrogen) atoms. The molecule has 9 nitrogen and oxygen atoms in total. The zero-order valence-electron chi connectivity index (χ0n) is 25.6. The predicted molar refractivity (Wildman–Crippen MR) is 181 cm³/mol. The van der Waals surface area contributed by atoms with Gasteiger partial charge in [0.05, 0.1) is 36.6 Å². The van der Waals surface area contributed by atoms with Crippen LogP contribution in [0.3, 0.4) is 0 Å². The molecular formula is C35H32ClN5O4S. The maximum Gasteiger partial charge on any atom is 0.240 e. The molecule has 3 aromatic carbocycles. The van der Waals surface area contributed by atoms with Crippen LogP contribution in [-0.4, -0.2) is 53.1 Å². The highest BCUT2D eigenvalue weighted by Crippen LogP contribution is 2.51. The van der Waals surface area contributed by atoms with E-state index >= 15 is 0 Å². The van der Waals surface area contributed by atoms with Gasteiger partial charge in [-0.1, -0.05) is 41.4 Å². The van der Waals surface area contributed by atoms with Gasteiger partial charge in [0.25, 0.3) is 0 Å². The minimum Gasteiger partial charge on any atom is -0.497 e. The Morgan fingerprint density at radius 1 is 1.00 bits per heavy atom. The molecule has 0 aliphatic carbocycles. The van der Waals surface area contributed by atoms with Crippen molar-refractivity contribution < 1.29 is 19.1 Å². The Balaban J connectivity index is 1.56. The summed E-state index contributed by atoms with van der Waals surface area (Å²) in [5.74, 6) is 1.41. The number of carbonyl (C=O) groups is 2. The molecule has 6 rings (SSSR count). The fourth-order valence-corrected chi connectivity index (χ4v) is 6.74. The molecule has 3 heterocycles. The Morgan fingerprint density at radius 3 is 2.43 bits per heavy atom. The van der Waals surface area contributed by atoms with E-state index in [-0.39, 0.29) is 24.1 Å². The van der Waals surface area contributed by atoms with E-state index in [1.807, 2.05) is 85.8 Å². The van der Waals surface area contributed by atoms with Crippen molar-refractivity contribution in [3.8, 4) is 28.4 Å². The van der Waals surface area contributed by atoms with E-state index in [0.29, 0.717) is 34.6 Å². The van der Waals surface area contributed by atoms with Gasteiger partial charge in [0, 0.05) is 40.7 Å². The van der Waals surface area contributed by atoms with Crippen molar-refractivity contribution in [2.75, 3.05) is 31.4 Å². The summed E-state index contributed by atoms with van der Waals surface area (Å²) < 4.78 is 13.2. The number of aromatic nitrogens is 3. The third-order valence-corrected chi connectivity index (χ3v) is 9.23. The first-order valence-electron chi connectivity index (χ1n) is 14.6. The topological polar surface area (TPSA) is 98.6 Å². The lowest BCUT2D eigenvalue weighted by molar-refractivity contribution is -0.123. The number of thioether (sulfide) groups is 1. The van der Waals surface area contributed by atoms with Crippen LogP contribution in [0.5, 0.6) is 11.5 Å². The number of hydrogen-bond donors (Lipinski definition) is 1. The highest BCUT2D eigenvalue weighted by Gasteiger charge is 2.39. The largest absolute Gasteiger partial charge is 0.497 e. The lowest BCUT2D eigenvalue weighted by atomic mass is 9.98. The fraction of sp³-hybridized carbons (Fsp3) is 0.200. The molecule has 0 unspecified atom stereocenters. The van der Waals surface area contributed by atoms with Gasteiger partial charge in [-0.3, -0.25) is 19.5 Å². The van der Waals surface area contributed by atoms with Crippen LogP contribution < -0.4 is 19.7 Å². The van der Waals surface area contributed by atoms with Crippen LogP contribution in [0.4, 0.5) is 5.82 Å². The molecule has 0 fully saturated rings. The average Bonchev–Trinajstić information content (AvgIpc) is 3.40. The number of aryl methyl sites for hydroxylation is 1. The molecule has 2 aromatic heterocycles. The molecular weight excluding hydrogens is 622 g/mol. The summed E-state index contributed by atoms with van der Waals surface area (Å²) in [4.78, 5) is 33.1. The summed E-state index contributed by atoms with van der Waals surface area (Å²) in [6.07, 6.45) is 3.35. The number of methoxy groups -OCH3 is 2. The average molecular weight is 654 g/mol. The van der Waals surface area contributed by atoms with E-state index in [9.17, 15) is 9.59 Å². The number of nitrogens with one attached hydrogen (secondary N) is 1. The molecule has 0 bridgehead atoms. The molecule has 1 N–H and O–H groups in total. The minimum absolute atomic E-state index is 0.116. The lowest BCUT2D eigenvalue weighted by Crippen LogP contribution is -2.42. The van der Waals surface area contributed by atoms with Crippen LogP contribution in [0.2, 0.25) is 5.02 Å². The van der Waals surface area contributed by atoms with Gasteiger partial charge < -0.3 is 14.8 Å². The molecule has 234 valence electrons. The number of nitrogens with zero attached hydrogens (tertiary/aromatic N) is 4. The Hall–Kier alpha value is -4.80. The van der Waals surface area contributed by atoms with Crippen LogP contribution >= 0.6 is 23.4 Å². The Morgan fingerprint density at radius 2 is 1.74 bits per heavy atom. The van der Waals surface area contributed by atoms with Gasteiger partial charge in [0.15, 0.2) is 0 Å². The first kappa shape index (κ1) is 31.2. The third kappa shape index (κ3) is 6.45. The van der Waals surface area contributed by atoms with Crippen LogP contribution in [0.15, 0.2) is 91.3 Å². The summed E-state index contributed by atoms with van der Waals surface area (Å²) in [6.45, 7) is 2.12. The lowest BCUT2D eigenvalue weighted by Gasteiger charge is -2.24. The smallest absolute Gasteiger partial charge is 0.240 e. The van der Waals surface area contributed by atoms with Gasteiger partial charge in [0.2, 0.25) is 11.8 Å². The number of pyridine rings is 1. The van der Waals surface area contributed by atoms with Gasteiger partial charge >= 0.3 is 0 Å². The molecule has 0 saturated heterocycles.